The molecule has 0 aromatic carbocycles. The van der Waals surface area contributed by atoms with Gasteiger partial charge in [0.25, 0.3) is 0 Å². The monoisotopic (exact) mass is 234 g/mol. The number of hydrogen-bond acceptors (Lipinski definition) is 3. The lowest BCUT2D eigenvalue weighted by molar-refractivity contribution is 0.0581. The van der Waals surface area contributed by atoms with Crippen LogP contribution < -0.4 is 5.73 Å². The van der Waals surface area contributed by atoms with Crippen molar-refractivity contribution in [2.75, 3.05) is 5.73 Å². The first-order valence-electron chi connectivity index (χ1n) is 6.80. The zero-order valence-corrected chi connectivity index (χ0v) is 10.8. The Morgan fingerprint density at radius 3 is 2.41 bits per heavy atom. The molecule has 17 heavy (non-hydrogen) atoms. The van der Waals surface area contributed by atoms with E-state index in [9.17, 15) is 0 Å². The van der Waals surface area contributed by atoms with Crippen molar-refractivity contribution in [1.29, 1.82) is 0 Å². The van der Waals surface area contributed by atoms with E-state index in [1.807, 2.05) is 6.07 Å². The van der Waals surface area contributed by atoms with Crippen LogP contribution in [-0.4, -0.2) is 5.16 Å². The topological polar surface area (TPSA) is 52.0 Å². The molecule has 2 fully saturated rings. The number of nitrogens with zero attached hydrogens (tertiary/aromatic N) is 1. The van der Waals surface area contributed by atoms with Crippen molar-refractivity contribution in [3.8, 4) is 0 Å². The van der Waals surface area contributed by atoms with Crippen LogP contribution in [0, 0.1) is 17.8 Å². The van der Waals surface area contributed by atoms with E-state index in [0.29, 0.717) is 5.82 Å². The van der Waals surface area contributed by atoms with Crippen LogP contribution in [0.25, 0.3) is 0 Å². The SMILES string of the molecule is CC1CC2CC(C)CC(c3cc(N)no3)(C1)C2. The molecule has 1 aromatic heterocycles. The van der Waals surface area contributed by atoms with E-state index >= 15 is 0 Å². The molecule has 2 unspecified atom stereocenters. The molecule has 2 bridgehead atoms. The van der Waals surface area contributed by atoms with E-state index in [0.717, 1.165) is 23.5 Å². The molecule has 0 radical (unpaired) electrons. The largest absolute Gasteiger partial charge is 0.381 e. The van der Waals surface area contributed by atoms with Gasteiger partial charge in [0.1, 0.15) is 5.76 Å². The third-order valence-corrected chi connectivity index (χ3v) is 4.68. The Hall–Kier alpha value is -0.990. The van der Waals surface area contributed by atoms with Gasteiger partial charge < -0.3 is 10.3 Å². The molecule has 3 rings (SSSR count). The highest BCUT2D eigenvalue weighted by molar-refractivity contribution is 5.31. The van der Waals surface area contributed by atoms with Crippen LogP contribution in [0.4, 0.5) is 5.82 Å². The third-order valence-electron chi connectivity index (χ3n) is 4.68. The molecule has 1 heterocycles. The summed E-state index contributed by atoms with van der Waals surface area (Å²) in [6, 6.07) is 1.95. The van der Waals surface area contributed by atoms with Gasteiger partial charge in [0.2, 0.25) is 0 Å². The average Bonchev–Trinajstić information content (AvgIpc) is 2.62. The van der Waals surface area contributed by atoms with Crippen LogP contribution in [0.1, 0.15) is 51.7 Å². The van der Waals surface area contributed by atoms with E-state index in [2.05, 4.69) is 19.0 Å². The van der Waals surface area contributed by atoms with Gasteiger partial charge >= 0.3 is 0 Å². The number of nitrogens with two attached hydrogens (primary N) is 1. The van der Waals surface area contributed by atoms with Crippen molar-refractivity contribution >= 4 is 5.82 Å². The normalized spacial score (nSPS) is 41.4. The summed E-state index contributed by atoms with van der Waals surface area (Å²) in [7, 11) is 0. The molecule has 3 nitrogen and oxygen atoms in total. The van der Waals surface area contributed by atoms with Gasteiger partial charge in [-0.15, -0.1) is 0 Å². The predicted molar refractivity (Wildman–Crippen MR) is 67.5 cm³/mol. The van der Waals surface area contributed by atoms with Crippen molar-refractivity contribution in [2.24, 2.45) is 17.8 Å². The van der Waals surface area contributed by atoms with Crippen LogP contribution in [0.3, 0.4) is 0 Å². The van der Waals surface area contributed by atoms with Crippen LogP contribution in [-0.2, 0) is 5.41 Å². The highest BCUT2D eigenvalue weighted by Gasteiger charge is 2.47. The Labute approximate surface area is 103 Å². The minimum absolute atomic E-state index is 0.227. The van der Waals surface area contributed by atoms with E-state index in [-0.39, 0.29) is 5.41 Å². The second-order valence-electron chi connectivity index (χ2n) is 6.56. The van der Waals surface area contributed by atoms with Gasteiger partial charge in [-0.1, -0.05) is 19.0 Å². The van der Waals surface area contributed by atoms with Crippen LogP contribution >= 0.6 is 0 Å². The number of nitrogen functional groups attached to an aromatic ring is 1. The smallest absolute Gasteiger partial charge is 0.167 e. The molecule has 2 atom stereocenters. The summed E-state index contributed by atoms with van der Waals surface area (Å²) in [6.45, 7) is 4.74. The number of hydrogen-bond donors (Lipinski definition) is 1. The summed E-state index contributed by atoms with van der Waals surface area (Å²) in [6.07, 6.45) is 6.52. The lowest BCUT2D eigenvalue weighted by Crippen LogP contribution is -2.42. The Bertz CT molecular complexity index is 393. The second kappa shape index (κ2) is 3.76. The lowest BCUT2D eigenvalue weighted by atomic mass is 9.56. The molecule has 0 amide bonds. The second-order valence-corrected chi connectivity index (χ2v) is 6.56. The molecule has 1 aromatic rings. The molecule has 2 saturated carbocycles. The molecule has 2 N–H and O–H groups in total. The number of anilines is 1. The quantitative estimate of drug-likeness (QED) is 0.810. The molecule has 0 aliphatic heterocycles. The summed E-state index contributed by atoms with van der Waals surface area (Å²) in [4.78, 5) is 0. The zero-order valence-electron chi connectivity index (χ0n) is 10.8. The third kappa shape index (κ3) is 1.85. The van der Waals surface area contributed by atoms with E-state index in [4.69, 9.17) is 10.3 Å². The fraction of sp³-hybridized carbons (Fsp3) is 0.786. The molecule has 3 heteroatoms. The predicted octanol–water partition coefficient (Wildman–Crippen LogP) is 3.36. The maximum Gasteiger partial charge on any atom is 0.167 e. The van der Waals surface area contributed by atoms with Crippen molar-refractivity contribution in [2.45, 2.75) is 51.4 Å². The standard InChI is InChI=1S/C14H22N2O/c1-9-3-11-4-10(2)7-14(6-9,8-11)12-5-13(15)16-17-12/h5,9-11H,3-4,6-8H2,1-2H3,(H2,15,16). The maximum absolute atomic E-state index is 5.72. The summed E-state index contributed by atoms with van der Waals surface area (Å²) >= 11 is 0. The minimum Gasteiger partial charge on any atom is -0.381 e. The summed E-state index contributed by atoms with van der Waals surface area (Å²) in [5.41, 5.74) is 5.94. The van der Waals surface area contributed by atoms with Gasteiger partial charge in [-0.3, -0.25) is 0 Å². The number of aromatic nitrogens is 1. The van der Waals surface area contributed by atoms with Gasteiger partial charge in [0.15, 0.2) is 5.82 Å². The van der Waals surface area contributed by atoms with Crippen molar-refractivity contribution in [3.63, 3.8) is 0 Å². The minimum atomic E-state index is 0.227. The van der Waals surface area contributed by atoms with Crippen molar-refractivity contribution < 1.29 is 4.52 Å². The molecule has 0 saturated heterocycles. The van der Waals surface area contributed by atoms with Crippen LogP contribution in [0.5, 0.6) is 0 Å². The van der Waals surface area contributed by atoms with Gasteiger partial charge in [0, 0.05) is 11.5 Å². The maximum atomic E-state index is 5.72. The summed E-state index contributed by atoms with van der Waals surface area (Å²) in [5, 5.41) is 3.89. The molecular weight excluding hydrogens is 212 g/mol. The van der Waals surface area contributed by atoms with Gasteiger partial charge in [-0.05, 0) is 49.9 Å². The molecular formula is C14H22N2O. The van der Waals surface area contributed by atoms with Crippen LogP contribution in [0.2, 0.25) is 0 Å². The molecule has 2 aliphatic carbocycles. The first-order chi connectivity index (χ1) is 8.07. The first kappa shape index (κ1) is 11.1. The Balaban J connectivity index is 1.97. The number of fused-ring (bicyclic) bond motifs is 2. The lowest BCUT2D eigenvalue weighted by Gasteiger charge is -2.48. The van der Waals surface area contributed by atoms with Crippen molar-refractivity contribution in [3.05, 3.63) is 11.8 Å². The molecule has 0 spiro atoms. The van der Waals surface area contributed by atoms with Crippen LogP contribution in [0.15, 0.2) is 10.6 Å². The van der Waals surface area contributed by atoms with Gasteiger partial charge in [0.05, 0.1) is 0 Å². The van der Waals surface area contributed by atoms with Crippen molar-refractivity contribution in [1.82, 2.24) is 5.16 Å². The van der Waals surface area contributed by atoms with Gasteiger partial charge in [-0.2, -0.15) is 0 Å². The van der Waals surface area contributed by atoms with E-state index in [1.54, 1.807) is 0 Å². The fourth-order valence-electron chi connectivity index (χ4n) is 4.54. The summed E-state index contributed by atoms with van der Waals surface area (Å²) < 4.78 is 5.50. The highest BCUT2D eigenvalue weighted by Crippen LogP contribution is 2.54. The molecule has 94 valence electrons. The Kier molecular flexibility index (Phi) is 2.46. The van der Waals surface area contributed by atoms with Gasteiger partial charge in [-0.25, -0.2) is 0 Å². The zero-order chi connectivity index (χ0) is 12.0. The Morgan fingerprint density at radius 2 is 1.88 bits per heavy atom. The fourth-order valence-corrected chi connectivity index (χ4v) is 4.54. The molecule has 2 aliphatic rings. The van der Waals surface area contributed by atoms with E-state index in [1.165, 1.54) is 32.1 Å². The highest BCUT2D eigenvalue weighted by atomic mass is 16.5. The van der Waals surface area contributed by atoms with E-state index < -0.39 is 0 Å². The average molecular weight is 234 g/mol. The summed E-state index contributed by atoms with van der Waals surface area (Å²) in [5.74, 6) is 4.04. The Morgan fingerprint density at radius 1 is 1.24 bits per heavy atom. The number of rotatable bonds is 1. The first-order valence-corrected chi connectivity index (χ1v) is 6.80.